The van der Waals surface area contributed by atoms with Crippen LogP contribution < -0.4 is 10.2 Å². The van der Waals surface area contributed by atoms with Crippen LogP contribution in [0.3, 0.4) is 0 Å². The van der Waals surface area contributed by atoms with E-state index in [0.717, 1.165) is 0 Å². The Kier molecular flexibility index (Phi) is 4.85. The predicted molar refractivity (Wildman–Crippen MR) is 87.8 cm³/mol. The highest BCUT2D eigenvalue weighted by atomic mass is 79.9. The van der Waals surface area contributed by atoms with Gasteiger partial charge in [0.15, 0.2) is 0 Å². The van der Waals surface area contributed by atoms with Crippen molar-refractivity contribution in [1.29, 1.82) is 0 Å². The lowest BCUT2D eigenvalue weighted by Gasteiger charge is -2.19. The molecule has 21 heavy (non-hydrogen) atoms. The summed E-state index contributed by atoms with van der Waals surface area (Å²) in [6.07, 6.45) is 0. The first kappa shape index (κ1) is 15.8. The van der Waals surface area contributed by atoms with E-state index in [1.54, 1.807) is 18.2 Å². The molecular weight excluding hydrogens is 359 g/mol. The van der Waals surface area contributed by atoms with Gasteiger partial charge in [0.05, 0.1) is 20.9 Å². The SMILES string of the molecule is CN(C)c1c(Cl)cccc1NC(=O)c1ccc(F)c(Br)c1. The van der Waals surface area contributed by atoms with Gasteiger partial charge in [-0.25, -0.2) is 4.39 Å². The molecule has 2 aromatic carbocycles. The molecule has 3 nitrogen and oxygen atoms in total. The quantitative estimate of drug-likeness (QED) is 0.858. The lowest BCUT2D eigenvalue weighted by atomic mass is 10.2. The van der Waals surface area contributed by atoms with Crippen molar-refractivity contribution in [1.82, 2.24) is 0 Å². The van der Waals surface area contributed by atoms with Crippen LogP contribution in [0.15, 0.2) is 40.9 Å². The average molecular weight is 372 g/mol. The number of halogens is 3. The van der Waals surface area contributed by atoms with Crippen LogP contribution in [0, 0.1) is 5.82 Å². The van der Waals surface area contributed by atoms with Gasteiger partial charge in [-0.05, 0) is 46.3 Å². The van der Waals surface area contributed by atoms with Crippen molar-refractivity contribution in [2.75, 3.05) is 24.3 Å². The molecule has 0 radical (unpaired) electrons. The molecule has 6 heteroatoms. The van der Waals surface area contributed by atoms with Gasteiger partial charge < -0.3 is 10.2 Å². The first-order valence-corrected chi connectivity index (χ1v) is 7.29. The first-order valence-electron chi connectivity index (χ1n) is 6.12. The van der Waals surface area contributed by atoms with Gasteiger partial charge in [0.1, 0.15) is 5.82 Å². The van der Waals surface area contributed by atoms with E-state index in [1.165, 1.54) is 18.2 Å². The lowest BCUT2D eigenvalue weighted by Crippen LogP contribution is -2.17. The van der Waals surface area contributed by atoms with Gasteiger partial charge in [0, 0.05) is 19.7 Å². The topological polar surface area (TPSA) is 32.3 Å². The van der Waals surface area contributed by atoms with E-state index in [2.05, 4.69) is 21.2 Å². The largest absolute Gasteiger partial charge is 0.375 e. The summed E-state index contributed by atoms with van der Waals surface area (Å²) in [6, 6.07) is 9.37. The van der Waals surface area contributed by atoms with Crippen LogP contribution in [-0.2, 0) is 0 Å². The van der Waals surface area contributed by atoms with Crippen LogP contribution in [0.2, 0.25) is 5.02 Å². The molecule has 0 saturated carbocycles. The second-order valence-electron chi connectivity index (χ2n) is 4.61. The van der Waals surface area contributed by atoms with E-state index >= 15 is 0 Å². The number of nitrogens with one attached hydrogen (secondary N) is 1. The van der Waals surface area contributed by atoms with Crippen LogP contribution in [0.1, 0.15) is 10.4 Å². The second-order valence-corrected chi connectivity index (χ2v) is 5.87. The van der Waals surface area contributed by atoms with Crippen LogP contribution in [-0.4, -0.2) is 20.0 Å². The van der Waals surface area contributed by atoms with Crippen LogP contribution in [0.4, 0.5) is 15.8 Å². The number of para-hydroxylation sites is 1. The molecule has 0 saturated heterocycles. The van der Waals surface area contributed by atoms with Crippen LogP contribution in [0.5, 0.6) is 0 Å². The first-order chi connectivity index (χ1) is 9.90. The van der Waals surface area contributed by atoms with Gasteiger partial charge in [0.2, 0.25) is 0 Å². The zero-order valence-corrected chi connectivity index (χ0v) is 13.8. The molecule has 0 aromatic heterocycles. The minimum atomic E-state index is -0.414. The standard InChI is InChI=1S/C15H13BrClFN2O/c1-20(2)14-11(17)4-3-5-13(14)19-15(21)9-6-7-12(18)10(16)8-9/h3-8H,1-2H3,(H,19,21). The highest BCUT2D eigenvalue weighted by Gasteiger charge is 2.14. The van der Waals surface area contributed by atoms with Crippen LogP contribution >= 0.6 is 27.5 Å². The highest BCUT2D eigenvalue weighted by Crippen LogP contribution is 2.32. The molecule has 1 N–H and O–H groups in total. The molecule has 2 aromatic rings. The van der Waals surface area contributed by atoms with Crippen molar-refractivity contribution in [3.63, 3.8) is 0 Å². The summed E-state index contributed by atoms with van der Waals surface area (Å²) in [4.78, 5) is 14.1. The fourth-order valence-corrected chi connectivity index (χ4v) is 2.62. The summed E-state index contributed by atoms with van der Waals surface area (Å²) in [6.45, 7) is 0. The number of rotatable bonds is 3. The maximum absolute atomic E-state index is 13.2. The lowest BCUT2D eigenvalue weighted by molar-refractivity contribution is 0.102. The normalized spacial score (nSPS) is 10.3. The number of benzene rings is 2. The van der Waals surface area contributed by atoms with Crippen LogP contribution in [0.25, 0.3) is 0 Å². The van der Waals surface area contributed by atoms with Gasteiger partial charge in [0.25, 0.3) is 5.91 Å². The van der Waals surface area contributed by atoms with E-state index in [-0.39, 0.29) is 10.4 Å². The zero-order chi connectivity index (χ0) is 15.6. The zero-order valence-electron chi connectivity index (χ0n) is 11.5. The Bertz CT molecular complexity index is 691. The number of hydrogen-bond donors (Lipinski definition) is 1. The summed E-state index contributed by atoms with van der Waals surface area (Å²) < 4.78 is 13.5. The maximum atomic E-state index is 13.2. The highest BCUT2D eigenvalue weighted by molar-refractivity contribution is 9.10. The molecule has 110 valence electrons. The molecule has 0 aliphatic rings. The van der Waals surface area contributed by atoms with E-state index in [0.29, 0.717) is 22.0 Å². The van der Waals surface area contributed by atoms with Crippen molar-refractivity contribution in [2.45, 2.75) is 0 Å². The molecule has 0 atom stereocenters. The number of hydrogen-bond acceptors (Lipinski definition) is 2. The Morgan fingerprint density at radius 2 is 2.00 bits per heavy atom. The molecule has 0 unspecified atom stereocenters. The number of anilines is 2. The Morgan fingerprint density at radius 1 is 1.29 bits per heavy atom. The average Bonchev–Trinajstić information content (AvgIpc) is 2.41. The smallest absolute Gasteiger partial charge is 0.255 e. The van der Waals surface area contributed by atoms with E-state index in [1.807, 2.05) is 19.0 Å². The Morgan fingerprint density at radius 3 is 2.62 bits per heavy atom. The molecule has 0 bridgehead atoms. The summed E-state index contributed by atoms with van der Waals surface area (Å²) in [7, 11) is 3.68. The van der Waals surface area contributed by atoms with Crippen molar-refractivity contribution in [3.8, 4) is 0 Å². The predicted octanol–water partition coefficient (Wildman–Crippen LogP) is 4.56. The Labute approximate surface area is 135 Å². The Balaban J connectivity index is 2.31. The molecule has 0 aliphatic heterocycles. The minimum absolute atomic E-state index is 0.245. The third-order valence-electron chi connectivity index (χ3n) is 2.86. The number of carbonyl (C=O) groups is 1. The third-order valence-corrected chi connectivity index (χ3v) is 3.78. The minimum Gasteiger partial charge on any atom is -0.375 e. The number of carbonyl (C=O) groups excluding carboxylic acids is 1. The molecule has 2 rings (SSSR count). The maximum Gasteiger partial charge on any atom is 0.255 e. The molecular formula is C15H13BrClFN2O. The number of nitrogens with zero attached hydrogens (tertiary/aromatic N) is 1. The summed E-state index contributed by atoms with van der Waals surface area (Å²) in [5.41, 5.74) is 1.67. The summed E-state index contributed by atoms with van der Waals surface area (Å²) >= 11 is 9.21. The molecule has 1 amide bonds. The van der Waals surface area contributed by atoms with Gasteiger partial charge in [-0.15, -0.1) is 0 Å². The van der Waals surface area contributed by atoms with Gasteiger partial charge in [-0.3, -0.25) is 4.79 Å². The Hall–Kier alpha value is -1.59. The van der Waals surface area contributed by atoms with Gasteiger partial charge >= 0.3 is 0 Å². The van der Waals surface area contributed by atoms with E-state index in [4.69, 9.17) is 11.6 Å². The summed E-state index contributed by atoms with van der Waals surface area (Å²) in [5, 5.41) is 3.33. The van der Waals surface area contributed by atoms with Crippen molar-refractivity contribution in [3.05, 3.63) is 57.3 Å². The second kappa shape index (κ2) is 6.45. The molecule has 0 aliphatic carbocycles. The summed E-state index contributed by atoms with van der Waals surface area (Å²) in [5.74, 6) is -0.746. The fourth-order valence-electron chi connectivity index (χ4n) is 1.90. The monoisotopic (exact) mass is 370 g/mol. The van der Waals surface area contributed by atoms with Gasteiger partial charge in [-0.2, -0.15) is 0 Å². The van der Waals surface area contributed by atoms with E-state index < -0.39 is 5.82 Å². The number of amides is 1. The van der Waals surface area contributed by atoms with Crippen molar-refractivity contribution in [2.24, 2.45) is 0 Å². The van der Waals surface area contributed by atoms with Crippen molar-refractivity contribution < 1.29 is 9.18 Å². The molecule has 0 fully saturated rings. The van der Waals surface area contributed by atoms with Gasteiger partial charge in [-0.1, -0.05) is 17.7 Å². The van der Waals surface area contributed by atoms with E-state index in [9.17, 15) is 9.18 Å². The fraction of sp³-hybridized carbons (Fsp3) is 0.133. The third kappa shape index (κ3) is 3.54. The van der Waals surface area contributed by atoms with Crippen molar-refractivity contribution >= 4 is 44.8 Å². The molecule has 0 spiro atoms. The molecule has 0 heterocycles.